The van der Waals surface area contributed by atoms with Gasteiger partial charge in [0.15, 0.2) is 23.2 Å². The maximum absolute atomic E-state index is 15.0. The van der Waals surface area contributed by atoms with Crippen molar-refractivity contribution in [2.24, 2.45) is 0 Å². The number of ether oxygens (including phenoxy) is 1. The van der Waals surface area contributed by atoms with Gasteiger partial charge in [-0.05, 0) is 66.1 Å². The first-order valence-electron chi connectivity index (χ1n) is 10.4. The fraction of sp³-hybridized carbons (Fsp3) is 0.0769. The molecule has 0 unspecified atom stereocenters. The molecular weight excluding hydrogens is 534 g/mol. The highest BCUT2D eigenvalue weighted by molar-refractivity contribution is 5.70. The highest BCUT2D eigenvalue weighted by Crippen LogP contribution is 2.40. The molecule has 38 heavy (non-hydrogen) atoms. The van der Waals surface area contributed by atoms with E-state index in [9.17, 15) is 44.0 Å². The van der Waals surface area contributed by atoms with Crippen LogP contribution in [0.5, 0.6) is 11.5 Å². The molecule has 198 valence electrons. The Balaban J connectivity index is 1.69. The fourth-order valence-corrected chi connectivity index (χ4v) is 3.73. The molecule has 4 aromatic carbocycles. The topological polar surface area (TPSA) is 18.5 Å². The molecule has 0 fully saturated rings. The standard InChI is InChI=1S/C26H12F10O2/c1-11-17(16-5-3-14(38-36)9-19(16)28)10-20(29)23(24(11)32)26(34,35)37-13-2-4-15(18(27)8-13)12-6-21(30)25(33)22(31)7-12/h2-10H,1H3. The first-order valence-corrected chi connectivity index (χ1v) is 10.4. The van der Waals surface area contributed by atoms with E-state index < -0.39 is 91.7 Å². The minimum Gasteiger partial charge on any atom is -0.429 e. The maximum Gasteiger partial charge on any atom is 0.432 e. The van der Waals surface area contributed by atoms with Gasteiger partial charge in [0, 0.05) is 27.8 Å². The van der Waals surface area contributed by atoms with E-state index >= 15 is 0 Å². The Morgan fingerprint density at radius 2 is 1.13 bits per heavy atom. The lowest BCUT2D eigenvalue weighted by atomic mass is 9.96. The average molecular weight is 546 g/mol. The number of hydrogen-bond donors (Lipinski definition) is 0. The van der Waals surface area contributed by atoms with Crippen LogP contribution in [0.15, 0.2) is 54.6 Å². The van der Waals surface area contributed by atoms with Crippen LogP contribution in [-0.4, -0.2) is 0 Å². The van der Waals surface area contributed by atoms with E-state index in [0.29, 0.717) is 30.3 Å². The molecule has 0 atom stereocenters. The second kappa shape index (κ2) is 9.92. The summed E-state index contributed by atoms with van der Waals surface area (Å²) in [4.78, 5) is 3.36. The summed E-state index contributed by atoms with van der Waals surface area (Å²) in [5.41, 5.74) is -4.35. The molecule has 0 aromatic heterocycles. The minimum atomic E-state index is -4.72. The summed E-state index contributed by atoms with van der Waals surface area (Å²) in [5.74, 6) is -12.6. The molecule has 0 saturated heterocycles. The van der Waals surface area contributed by atoms with Crippen molar-refractivity contribution in [3.8, 4) is 33.8 Å². The van der Waals surface area contributed by atoms with Crippen LogP contribution < -0.4 is 9.68 Å². The first-order chi connectivity index (χ1) is 17.8. The van der Waals surface area contributed by atoms with Crippen molar-refractivity contribution in [2.75, 3.05) is 0 Å². The van der Waals surface area contributed by atoms with E-state index in [2.05, 4.69) is 9.68 Å². The predicted octanol–water partition coefficient (Wildman–Crippen LogP) is 8.69. The predicted molar refractivity (Wildman–Crippen MR) is 114 cm³/mol. The summed E-state index contributed by atoms with van der Waals surface area (Å²) in [6.07, 6.45) is -4.72. The van der Waals surface area contributed by atoms with Crippen LogP contribution in [0.25, 0.3) is 22.3 Å². The van der Waals surface area contributed by atoms with Crippen molar-refractivity contribution in [2.45, 2.75) is 13.0 Å². The Hall–Kier alpha value is -4.22. The van der Waals surface area contributed by atoms with Gasteiger partial charge in [0.2, 0.25) is 0 Å². The number of alkyl halides is 2. The molecular formula is C26H12F10O2. The molecule has 0 bridgehead atoms. The van der Waals surface area contributed by atoms with Crippen molar-refractivity contribution < 1.29 is 53.7 Å². The largest absolute Gasteiger partial charge is 0.432 e. The molecule has 0 heterocycles. The van der Waals surface area contributed by atoms with Crippen molar-refractivity contribution in [3.63, 3.8) is 0 Å². The molecule has 0 aliphatic rings. The molecule has 4 aromatic rings. The molecule has 0 N–H and O–H groups in total. The third kappa shape index (κ3) is 4.85. The van der Waals surface area contributed by atoms with E-state index in [4.69, 9.17) is 0 Å². The van der Waals surface area contributed by atoms with Crippen molar-refractivity contribution >= 4 is 0 Å². The summed E-state index contributed by atoms with van der Waals surface area (Å²) in [7, 11) is 0. The summed E-state index contributed by atoms with van der Waals surface area (Å²) in [6, 6.07) is 5.67. The number of benzene rings is 4. The normalized spacial score (nSPS) is 11.6. The monoisotopic (exact) mass is 546 g/mol. The van der Waals surface area contributed by atoms with Crippen LogP contribution in [0, 0.1) is 47.6 Å². The zero-order valence-corrected chi connectivity index (χ0v) is 18.8. The zero-order chi connectivity index (χ0) is 27.9. The van der Waals surface area contributed by atoms with Gasteiger partial charge in [0.25, 0.3) is 0 Å². The van der Waals surface area contributed by atoms with E-state index in [1.165, 1.54) is 0 Å². The van der Waals surface area contributed by atoms with Gasteiger partial charge in [-0.3, -0.25) is 4.94 Å². The highest BCUT2D eigenvalue weighted by Gasteiger charge is 2.42. The lowest BCUT2D eigenvalue weighted by Gasteiger charge is -2.21. The van der Waals surface area contributed by atoms with Gasteiger partial charge in [-0.2, -0.15) is 8.78 Å². The van der Waals surface area contributed by atoms with E-state index in [1.807, 2.05) is 0 Å². The molecule has 2 nitrogen and oxygen atoms in total. The molecule has 0 amide bonds. The quantitative estimate of drug-likeness (QED) is 0.178. The first kappa shape index (κ1) is 26.8. The Bertz CT molecular complexity index is 1530. The Morgan fingerprint density at radius 1 is 0.579 bits per heavy atom. The van der Waals surface area contributed by atoms with Crippen molar-refractivity contribution in [1.82, 2.24) is 0 Å². The number of halogens is 10. The number of hydrogen-bond acceptors (Lipinski definition) is 2. The van der Waals surface area contributed by atoms with Crippen molar-refractivity contribution in [1.29, 1.82) is 0 Å². The molecule has 12 heteroatoms. The van der Waals surface area contributed by atoms with Gasteiger partial charge in [-0.15, -0.1) is 0 Å². The van der Waals surface area contributed by atoms with Crippen LogP contribution in [0.3, 0.4) is 0 Å². The second-order valence-corrected chi connectivity index (χ2v) is 7.95. The van der Waals surface area contributed by atoms with Gasteiger partial charge in [0.1, 0.15) is 34.6 Å². The van der Waals surface area contributed by atoms with E-state index in [-0.39, 0.29) is 0 Å². The van der Waals surface area contributed by atoms with Gasteiger partial charge in [-0.1, -0.05) is 0 Å². The highest BCUT2D eigenvalue weighted by atomic mass is 19.3. The summed E-state index contributed by atoms with van der Waals surface area (Å²) >= 11 is 0. The van der Waals surface area contributed by atoms with Crippen molar-refractivity contribution in [3.05, 3.63) is 106 Å². The zero-order valence-electron chi connectivity index (χ0n) is 18.8. The van der Waals surface area contributed by atoms with Crippen LogP contribution in [-0.2, 0) is 6.11 Å². The molecule has 0 aliphatic heterocycles. The maximum atomic E-state index is 15.0. The van der Waals surface area contributed by atoms with Crippen LogP contribution >= 0.6 is 0 Å². The third-order valence-corrected chi connectivity index (χ3v) is 5.55. The Kier molecular flexibility index (Phi) is 7.00. The summed E-state index contributed by atoms with van der Waals surface area (Å²) in [6.45, 7) is 0.956. The summed E-state index contributed by atoms with van der Waals surface area (Å²) in [5, 5.41) is 0. The second-order valence-electron chi connectivity index (χ2n) is 7.95. The van der Waals surface area contributed by atoms with Gasteiger partial charge in [-0.25, -0.2) is 30.7 Å². The van der Waals surface area contributed by atoms with Gasteiger partial charge >= 0.3 is 6.11 Å². The Morgan fingerprint density at radius 3 is 1.71 bits per heavy atom. The van der Waals surface area contributed by atoms with E-state index in [1.54, 1.807) is 0 Å². The third-order valence-electron chi connectivity index (χ3n) is 5.55. The lowest BCUT2D eigenvalue weighted by molar-refractivity contribution is -0.189. The van der Waals surface area contributed by atoms with Crippen LogP contribution in [0.1, 0.15) is 11.1 Å². The molecule has 0 spiro atoms. The SMILES string of the molecule is Cc1c(-c2ccc(OF)cc2F)cc(F)c(C(F)(F)Oc2ccc(-c3cc(F)c(F)c(F)c3)c(F)c2)c1F. The molecule has 0 radical (unpaired) electrons. The van der Waals surface area contributed by atoms with Gasteiger partial charge in [0.05, 0.1) is 0 Å². The smallest absolute Gasteiger partial charge is 0.429 e. The fourth-order valence-electron chi connectivity index (χ4n) is 3.73. The molecule has 0 saturated carbocycles. The summed E-state index contributed by atoms with van der Waals surface area (Å²) < 4.78 is 145. The average Bonchev–Trinajstić information content (AvgIpc) is 2.84. The minimum absolute atomic E-state index is 0.364. The van der Waals surface area contributed by atoms with Gasteiger partial charge < -0.3 is 4.74 Å². The van der Waals surface area contributed by atoms with E-state index in [0.717, 1.165) is 31.2 Å². The van der Waals surface area contributed by atoms with Crippen LogP contribution in [0.4, 0.5) is 44.0 Å². The molecule has 4 rings (SSSR count). The number of rotatable bonds is 6. The lowest BCUT2D eigenvalue weighted by Crippen LogP contribution is -2.26. The molecule has 0 aliphatic carbocycles. The Labute approximate surface area is 207 Å². The van der Waals surface area contributed by atoms with Crippen LogP contribution in [0.2, 0.25) is 0 Å².